The van der Waals surface area contributed by atoms with Gasteiger partial charge >= 0.3 is 0 Å². The SMILES string of the molecule is COc1ccc(/C=C/C(=O)NCCC(=O)Nc2cccc([N+](=O)[O-])c2C)cc1. The molecule has 28 heavy (non-hydrogen) atoms. The van der Waals surface area contributed by atoms with Gasteiger partial charge in [0.05, 0.1) is 23.3 Å². The van der Waals surface area contributed by atoms with Gasteiger partial charge in [-0.05, 0) is 36.8 Å². The van der Waals surface area contributed by atoms with Crippen LogP contribution in [0.4, 0.5) is 11.4 Å². The molecule has 2 aromatic carbocycles. The highest BCUT2D eigenvalue weighted by Crippen LogP contribution is 2.25. The molecule has 0 aliphatic heterocycles. The number of anilines is 1. The Kier molecular flexibility index (Phi) is 7.27. The minimum absolute atomic E-state index is 0.0459. The van der Waals surface area contributed by atoms with E-state index in [1.165, 1.54) is 18.2 Å². The Morgan fingerprint density at radius 1 is 1.18 bits per heavy atom. The molecule has 0 aliphatic carbocycles. The van der Waals surface area contributed by atoms with Crippen molar-refractivity contribution in [1.82, 2.24) is 5.32 Å². The molecule has 146 valence electrons. The van der Waals surface area contributed by atoms with Gasteiger partial charge in [0.15, 0.2) is 0 Å². The van der Waals surface area contributed by atoms with Crippen molar-refractivity contribution in [1.29, 1.82) is 0 Å². The van der Waals surface area contributed by atoms with E-state index in [1.807, 2.05) is 12.1 Å². The Hall–Kier alpha value is -3.68. The predicted octanol–water partition coefficient (Wildman–Crippen LogP) is 3.07. The van der Waals surface area contributed by atoms with E-state index >= 15 is 0 Å². The Labute approximate surface area is 162 Å². The van der Waals surface area contributed by atoms with Gasteiger partial charge in [-0.15, -0.1) is 0 Å². The van der Waals surface area contributed by atoms with Gasteiger partial charge in [-0.1, -0.05) is 18.2 Å². The fourth-order valence-electron chi connectivity index (χ4n) is 2.41. The summed E-state index contributed by atoms with van der Waals surface area (Å²) in [7, 11) is 1.58. The van der Waals surface area contributed by atoms with E-state index in [-0.39, 0.29) is 30.5 Å². The van der Waals surface area contributed by atoms with Crippen molar-refractivity contribution < 1.29 is 19.2 Å². The van der Waals surface area contributed by atoms with Crippen LogP contribution < -0.4 is 15.4 Å². The van der Waals surface area contributed by atoms with Gasteiger partial charge in [0.25, 0.3) is 5.69 Å². The van der Waals surface area contributed by atoms with Crippen molar-refractivity contribution >= 4 is 29.3 Å². The van der Waals surface area contributed by atoms with Crippen LogP contribution >= 0.6 is 0 Å². The maximum Gasteiger partial charge on any atom is 0.274 e. The number of nitrogens with zero attached hydrogens (tertiary/aromatic N) is 1. The molecule has 0 aliphatic rings. The summed E-state index contributed by atoms with van der Waals surface area (Å²) in [6, 6.07) is 11.7. The number of amides is 2. The standard InChI is InChI=1S/C20H21N3O5/c1-14-17(4-3-5-18(14)23(26)27)22-20(25)12-13-21-19(24)11-8-15-6-9-16(28-2)10-7-15/h3-11H,12-13H2,1-2H3,(H,21,24)(H,22,25)/b11-8+. The van der Waals surface area contributed by atoms with E-state index in [2.05, 4.69) is 10.6 Å². The topological polar surface area (TPSA) is 111 Å². The van der Waals surface area contributed by atoms with Crippen LogP contribution in [0.5, 0.6) is 5.75 Å². The van der Waals surface area contributed by atoms with Crippen molar-refractivity contribution in [2.75, 3.05) is 19.0 Å². The van der Waals surface area contributed by atoms with E-state index in [9.17, 15) is 19.7 Å². The molecule has 0 aromatic heterocycles. The van der Waals surface area contributed by atoms with Crippen LogP contribution in [0.25, 0.3) is 6.08 Å². The van der Waals surface area contributed by atoms with E-state index in [1.54, 1.807) is 38.3 Å². The summed E-state index contributed by atoms with van der Waals surface area (Å²) >= 11 is 0. The quantitative estimate of drug-likeness (QED) is 0.413. The third-order valence-electron chi connectivity index (χ3n) is 3.97. The average molecular weight is 383 g/mol. The van der Waals surface area contributed by atoms with Gasteiger partial charge < -0.3 is 15.4 Å². The molecular formula is C20H21N3O5. The van der Waals surface area contributed by atoms with Crippen LogP contribution in [0.2, 0.25) is 0 Å². The fourth-order valence-corrected chi connectivity index (χ4v) is 2.41. The molecule has 0 unspecified atom stereocenters. The summed E-state index contributed by atoms with van der Waals surface area (Å²) in [5.74, 6) is 0.0600. The van der Waals surface area contributed by atoms with Crippen LogP contribution in [0.1, 0.15) is 17.5 Å². The number of ether oxygens (including phenoxy) is 1. The van der Waals surface area contributed by atoms with Crippen LogP contribution in [0.15, 0.2) is 48.5 Å². The first kappa shape index (κ1) is 20.6. The summed E-state index contributed by atoms with van der Waals surface area (Å²) < 4.78 is 5.06. The van der Waals surface area contributed by atoms with Crippen molar-refractivity contribution in [2.45, 2.75) is 13.3 Å². The molecule has 0 bridgehead atoms. The van der Waals surface area contributed by atoms with E-state index < -0.39 is 4.92 Å². The maximum atomic E-state index is 12.0. The molecule has 0 heterocycles. The van der Waals surface area contributed by atoms with E-state index in [4.69, 9.17) is 4.74 Å². The lowest BCUT2D eigenvalue weighted by molar-refractivity contribution is -0.385. The zero-order chi connectivity index (χ0) is 20.5. The van der Waals surface area contributed by atoms with Crippen LogP contribution in [0, 0.1) is 17.0 Å². The van der Waals surface area contributed by atoms with Crippen LogP contribution in [0.3, 0.4) is 0 Å². The minimum atomic E-state index is -0.500. The maximum absolute atomic E-state index is 12.0. The van der Waals surface area contributed by atoms with Crippen molar-refractivity contribution in [3.63, 3.8) is 0 Å². The van der Waals surface area contributed by atoms with Crippen molar-refractivity contribution in [3.8, 4) is 5.75 Å². The van der Waals surface area contributed by atoms with Crippen molar-refractivity contribution in [3.05, 3.63) is 69.8 Å². The lowest BCUT2D eigenvalue weighted by atomic mass is 10.1. The van der Waals surface area contributed by atoms with E-state index in [0.717, 1.165) is 11.3 Å². The number of benzene rings is 2. The molecule has 2 N–H and O–H groups in total. The number of carbonyl (C=O) groups excluding carboxylic acids is 2. The molecule has 2 rings (SSSR count). The summed E-state index contributed by atoms with van der Waals surface area (Å²) in [5, 5.41) is 16.2. The number of nitrogens with one attached hydrogen (secondary N) is 2. The lowest BCUT2D eigenvalue weighted by Crippen LogP contribution is -2.26. The molecule has 8 heteroatoms. The lowest BCUT2D eigenvalue weighted by Gasteiger charge is -2.08. The molecule has 2 amide bonds. The van der Waals surface area contributed by atoms with Crippen LogP contribution in [-0.2, 0) is 9.59 Å². The first-order valence-electron chi connectivity index (χ1n) is 8.54. The minimum Gasteiger partial charge on any atom is -0.497 e. The first-order chi connectivity index (χ1) is 13.4. The van der Waals surface area contributed by atoms with Crippen molar-refractivity contribution in [2.24, 2.45) is 0 Å². The molecule has 0 atom stereocenters. The first-order valence-corrected chi connectivity index (χ1v) is 8.54. The van der Waals surface area contributed by atoms with Gasteiger partial charge in [0.2, 0.25) is 11.8 Å². The highest BCUT2D eigenvalue weighted by molar-refractivity contribution is 5.94. The molecule has 2 aromatic rings. The zero-order valence-corrected chi connectivity index (χ0v) is 15.6. The molecule has 0 spiro atoms. The zero-order valence-electron chi connectivity index (χ0n) is 15.6. The molecule has 0 saturated carbocycles. The Morgan fingerprint density at radius 2 is 1.89 bits per heavy atom. The Balaban J connectivity index is 1.80. The second-order valence-electron chi connectivity index (χ2n) is 5.90. The van der Waals surface area contributed by atoms with E-state index in [0.29, 0.717) is 11.3 Å². The summed E-state index contributed by atoms with van der Waals surface area (Å²) in [5.41, 5.74) is 1.54. The molecule has 0 radical (unpaired) electrons. The normalized spacial score (nSPS) is 10.5. The molecule has 0 saturated heterocycles. The number of hydrogen-bond acceptors (Lipinski definition) is 5. The Bertz CT molecular complexity index is 891. The molecule has 8 nitrogen and oxygen atoms in total. The van der Waals surface area contributed by atoms with Crippen LogP contribution in [-0.4, -0.2) is 30.4 Å². The number of carbonyl (C=O) groups is 2. The smallest absolute Gasteiger partial charge is 0.274 e. The van der Waals surface area contributed by atoms with Gasteiger partial charge in [-0.2, -0.15) is 0 Å². The number of methoxy groups -OCH3 is 1. The summed E-state index contributed by atoms with van der Waals surface area (Å²) in [6.45, 7) is 1.71. The van der Waals surface area contributed by atoms with Gasteiger partial charge in [-0.25, -0.2) is 0 Å². The largest absolute Gasteiger partial charge is 0.497 e. The number of nitro benzene ring substituents is 1. The Morgan fingerprint density at radius 3 is 2.54 bits per heavy atom. The second-order valence-corrected chi connectivity index (χ2v) is 5.90. The predicted molar refractivity (Wildman–Crippen MR) is 106 cm³/mol. The molecular weight excluding hydrogens is 362 g/mol. The highest BCUT2D eigenvalue weighted by atomic mass is 16.6. The van der Waals surface area contributed by atoms with Gasteiger partial charge in [-0.3, -0.25) is 19.7 Å². The number of hydrogen-bond donors (Lipinski definition) is 2. The number of nitro groups is 1. The monoisotopic (exact) mass is 383 g/mol. The third kappa shape index (κ3) is 5.94. The second kappa shape index (κ2) is 9.86. The molecule has 0 fully saturated rings. The number of rotatable bonds is 8. The van der Waals surface area contributed by atoms with Gasteiger partial charge in [0.1, 0.15) is 5.75 Å². The average Bonchev–Trinajstić information content (AvgIpc) is 2.68. The fraction of sp³-hybridized carbons (Fsp3) is 0.200. The third-order valence-corrected chi connectivity index (χ3v) is 3.97. The summed E-state index contributed by atoms with van der Waals surface area (Å²) in [4.78, 5) is 34.3. The summed E-state index contributed by atoms with van der Waals surface area (Å²) in [6.07, 6.45) is 3.08. The highest BCUT2D eigenvalue weighted by Gasteiger charge is 2.14. The van der Waals surface area contributed by atoms with Gasteiger partial charge in [0, 0.05) is 25.1 Å².